The van der Waals surface area contributed by atoms with Crippen molar-refractivity contribution >= 4 is 0 Å². The molecule has 0 aliphatic carbocycles. The first-order chi connectivity index (χ1) is 8.13. The molecule has 0 bridgehead atoms. The number of fused-ring (bicyclic) bond motifs is 1. The lowest BCUT2D eigenvalue weighted by Crippen LogP contribution is -2.41. The summed E-state index contributed by atoms with van der Waals surface area (Å²) in [6.45, 7) is 8.22. The van der Waals surface area contributed by atoms with Crippen LogP contribution in [0.3, 0.4) is 0 Å². The Morgan fingerprint density at radius 2 is 2.06 bits per heavy atom. The van der Waals surface area contributed by atoms with Gasteiger partial charge in [-0.3, -0.25) is 4.90 Å². The van der Waals surface area contributed by atoms with Gasteiger partial charge in [0.2, 0.25) is 0 Å². The summed E-state index contributed by atoms with van der Waals surface area (Å²) >= 11 is 0. The van der Waals surface area contributed by atoms with Crippen LogP contribution in [0.5, 0.6) is 0 Å². The molecule has 0 amide bonds. The predicted molar refractivity (Wildman–Crippen MR) is 74.4 cm³/mol. The van der Waals surface area contributed by atoms with Gasteiger partial charge in [0.1, 0.15) is 0 Å². The zero-order chi connectivity index (χ0) is 12.5. The van der Waals surface area contributed by atoms with Crippen LogP contribution in [0.2, 0.25) is 0 Å². The molecular formula is C16H25N. The Bertz CT molecular complexity index is 397. The minimum atomic E-state index is 0.221. The zero-order valence-corrected chi connectivity index (χ0v) is 11.7. The van der Waals surface area contributed by atoms with Crippen LogP contribution >= 0.6 is 0 Å². The lowest BCUT2D eigenvalue weighted by atomic mass is 9.81. The Balaban J connectivity index is 2.63. The van der Waals surface area contributed by atoms with Crippen molar-refractivity contribution in [2.45, 2.75) is 52.0 Å². The maximum Gasteiger partial charge on any atom is 0.0432 e. The van der Waals surface area contributed by atoms with E-state index < -0.39 is 0 Å². The summed E-state index contributed by atoms with van der Waals surface area (Å²) in [7, 11) is 2.28. The first-order valence-corrected chi connectivity index (χ1v) is 6.96. The van der Waals surface area contributed by atoms with Crippen molar-refractivity contribution in [2.75, 3.05) is 13.6 Å². The third-order valence-electron chi connectivity index (χ3n) is 4.63. The molecule has 0 N–H and O–H groups in total. The van der Waals surface area contributed by atoms with Gasteiger partial charge in [-0.25, -0.2) is 0 Å². The van der Waals surface area contributed by atoms with Crippen LogP contribution in [0.4, 0.5) is 0 Å². The fraction of sp³-hybridized carbons (Fsp3) is 0.625. The van der Waals surface area contributed by atoms with Crippen LogP contribution in [-0.2, 0) is 18.4 Å². The van der Waals surface area contributed by atoms with Gasteiger partial charge in [-0.2, -0.15) is 0 Å². The predicted octanol–water partition coefficient (Wildman–Crippen LogP) is 3.75. The number of rotatable bonds is 2. The van der Waals surface area contributed by atoms with Gasteiger partial charge < -0.3 is 0 Å². The van der Waals surface area contributed by atoms with Crippen LogP contribution in [0.1, 0.15) is 50.3 Å². The molecule has 1 atom stereocenters. The largest absolute Gasteiger partial charge is 0.297 e. The quantitative estimate of drug-likeness (QED) is 0.749. The molecule has 1 nitrogen and oxygen atoms in total. The van der Waals surface area contributed by atoms with Crippen molar-refractivity contribution in [1.29, 1.82) is 0 Å². The minimum Gasteiger partial charge on any atom is -0.297 e. The zero-order valence-electron chi connectivity index (χ0n) is 11.7. The average Bonchev–Trinajstić information content (AvgIpc) is 2.48. The number of hydrogen-bond donors (Lipinski definition) is 0. The highest BCUT2D eigenvalue weighted by molar-refractivity contribution is 5.41. The van der Waals surface area contributed by atoms with E-state index in [0.717, 1.165) is 6.42 Å². The molecule has 1 aliphatic rings. The van der Waals surface area contributed by atoms with Gasteiger partial charge in [0.05, 0.1) is 0 Å². The molecular weight excluding hydrogens is 206 g/mol. The van der Waals surface area contributed by atoms with Crippen LogP contribution in [0.15, 0.2) is 18.2 Å². The first kappa shape index (κ1) is 12.6. The van der Waals surface area contributed by atoms with Gasteiger partial charge in [-0.1, -0.05) is 32.0 Å². The molecule has 0 saturated heterocycles. The molecule has 94 valence electrons. The van der Waals surface area contributed by atoms with Crippen LogP contribution in [0.25, 0.3) is 0 Å². The molecule has 1 aromatic carbocycles. The topological polar surface area (TPSA) is 3.24 Å². The van der Waals surface area contributed by atoms with Crippen LogP contribution < -0.4 is 0 Å². The summed E-state index contributed by atoms with van der Waals surface area (Å²) in [5, 5.41) is 0. The van der Waals surface area contributed by atoms with Gasteiger partial charge >= 0.3 is 0 Å². The Morgan fingerprint density at radius 1 is 1.29 bits per heavy atom. The van der Waals surface area contributed by atoms with E-state index in [4.69, 9.17) is 0 Å². The Kier molecular flexibility index (Phi) is 3.58. The van der Waals surface area contributed by atoms with E-state index >= 15 is 0 Å². The second-order valence-electron chi connectivity index (χ2n) is 5.46. The number of benzene rings is 1. The normalized spacial score (nSPS) is 25.4. The monoisotopic (exact) mass is 231 g/mol. The highest BCUT2D eigenvalue weighted by Gasteiger charge is 2.34. The number of aryl methyl sites for hydroxylation is 2. The van der Waals surface area contributed by atoms with Gasteiger partial charge in [0.15, 0.2) is 0 Å². The molecule has 1 aromatic rings. The van der Waals surface area contributed by atoms with Crippen LogP contribution in [0, 0.1) is 0 Å². The maximum absolute atomic E-state index is 2.55. The van der Waals surface area contributed by atoms with E-state index in [-0.39, 0.29) is 5.54 Å². The summed E-state index contributed by atoms with van der Waals surface area (Å²) in [5.41, 5.74) is 4.96. The minimum absolute atomic E-state index is 0.221. The smallest absolute Gasteiger partial charge is 0.0432 e. The lowest BCUT2D eigenvalue weighted by molar-refractivity contribution is 0.135. The highest BCUT2D eigenvalue weighted by Crippen LogP contribution is 2.38. The van der Waals surface area contributed by atoms with Crippen LogP contribution in [-0.4, -0.2) is 18.5 Å². The fourth-order valence-electron chi connectivity index (χ4n) is 3.24. The summed E-state index contributed by atoms with van der Waals surface area (Å²) in [6, 6.07) is 6.88. The SMILES string of the molecule is CCc1cccc2c1C(C)(CC)N(C)CCC2. The summed E-state index contributed by atoms with van der Waals surface area (Å²) in [6.07, 6.45) is 4.86. The van der Waals surface area contributed by atoms with E-state index in [0.29, 0.717) is 0 Å². The number of hydrogen-bond acceptors (Lipinski definition) is 1. The Labute approximate surface area is 106 Å². The molecule has 2 rings (SSSR count). The van der Waals surface area contributed by atoms with E-state index in [2.05, 4.69) is 50.9 Å². The third-order valence-corrected chi connectivity index (χ3v) is 4.63. The van der Waals surface area contributed by atoms with E-state index in [1.165, 1.54) is 25.8 Å². The standard InChI is InChI=1S/C16H25N/c1-5-13-9-7-10-14-11-8-12-17(4)16(3,6-2)15(13)14/h7,9-10H,5-6,8,11-12H2,1-4H3. The lowest BCUT2D eigenvalue weighted by Gasteiger charge is -2.39. The molecule has 1 heteroatoms. The van der Waals surface area contributed by atoms with E-state index in [1.54, 1.807) is 16.7 Å². The van der Waals surface area contributed by atoms with Crippen molar-refractivity contribution in [3.63, 3.8) is 0 Å². The van der Waals surface area contributed by atoms with E-state index in [1.807, 2.05) is 0 Å². The molecule has 0 radical (unpaired) electrons. The molecule has 1 unspecified atom stereocenters. The van der Waals surface area contributed by atoms with Crippen molar-refractivity contribution in [3.05, 3.63) is 34.9 Å². The summed E-state index contributed by atoms with van der Waals surface area (Å²) in [5.74, 6) is 0. The average molecular weight is 231 g/mol. The number of nitrogens with zero attached hydrogens (tertiary/aromatic N) is 1. The second-order valence-corrected chi connectivity index (χ2v) is 5.46. The first-order valence-electron chi connectivity index (χ1n) is 6.96. The Morgan fingerprint density at radius 3 is 2.71 bits per heavy atom. The molecule has 0 fully saturated rings. The maximum atomic E-state index is 2.55. The second kappa shape index (κ2) is 4.81. The van der Waals surface area contributed by atoms with Crippen molar-refractivity contribution < 1.29 is 0 Å². The molecule has 0 aromatic heterocycles. The molecule has 0 saturated carbocycles. The highest BCUT2D eigenvalue weighted by atomic mass is 15.2. The van der Waals surface area contributed by atoms with Gasteiger partial charge in [-0.05, 0) is 62.9 Å². The van der Waals surface area contributed by atoms with Crippen molar-refractivity contribution in [1.82, 2.24) is 4.90 Å². The van der Waals surface area contributed by atoms with Gasteiger partial charge in [0, 0.05) is 5.54 Å². The van der Waals surface area contributed by atoms with Crippen molar-refractivity contribution in [3.8, 4) is 0 Å². The molecule has 0 spiro atoms. The van der Waals surface area contributed by atoms with Gasteiger partial charge in [-0.15, -0.1) is 0 Å². The fourth-order valence-corrected chi connectivity index (χ4v) is 3.24. The summed E-state index contributed by atoms with van der Waals surface area (Å²) < 4.78 is 0. The Hall–Kier alpha value is -0.820. The third kappa shape index (κ3) is 2.01. The van der Waals surface area contributed by atoms with Crippen molar-refractivity contribution in [2.24, 2.45) is 0 Å². The molecule has 1 heterocycles. The van der Waals surface area contributed by atoms with E-state index in [9.17, 15) is 0 Å². The molecule has 17 heavy (non-hydrogen) atoms. The summed E-state index contributed by atoms with van der Waals surface area (Å²) in [4.78, 5) is 2.55. The molecule has 1 aliphatic heterocycles. The van der Waals surface area contributed by atoms with Gasteiger partial charge in [0.25, 0.3) is 0 Å².